The number of hydrogen-bond acceptors (Lipinski definition) is 2. The summed E-state index contributed by atoms with van der Waals surface area (Å²) in [6, 6.07) is 3.39. The van der Waals surface area contributed by atoms with Crippen LogP contribution in [0.5, 0.6) is 5.75 Å². The van der Waals surface area contributed by atoms with Crippen molar-refractivity contribution in [3.8, 4) is 5.75 Å². The van der Waals surface area contributed by atoms with E-state index in [1.807, 2.05) is 0 Å². The van der Waals surface area contributed by atoms with E-state index in [-0.39, 0.29) is 11.7 Å². The molecule has 1 aliphatic heterocycles. The van der Waals surface area contributed by atoms with Crippen LogP contribution in [0.25, 0.3) is 0 Å². The molecule has 1 N–H and O–H groups in total. The zero-order chi connectivity index (χ0) is 9.59. The van der Waals surface area contributed by atoms with Crippen molar-refractivity contribution in [1.82, 2.24) is 0 Å². The van der Waals surface area contributed by atoms with Gasteiger partial charge in [-0.05, 0) is 27.6 Å². The third kappa shape index (κ3) is 1.21. The predicted octanol–water partition coefficient (Wildman–Crippen LogP) is 1.67. The van der Waals surface area contributed by atoms with Crippen LogP contribution in [0.1, 0.15) is 5.56 Å². The fraction of sp³-hybridized carbons (Fsp3) is 0.222. The maximum absolute atomic E-state index is 11.3. The molecule has 2 rings (SSSR count). The topological polar surface area (TPSA) is 40.5 Å². The lowest BCUT2D eigenvalue weighted by Crippen LogP contribution is -2.20. The van der Waals surface area contributed by atoms with E-state index < -0.39 is 0 Å². The number of aromatic hydroxyl groups is 1. The molecular formula is C9H8BrNO2. The molecule has 1 heterocycles. The maximum atomic E-state index is 11.3. The molecule has 1 aromatic rings. The molecule has 1 aromatic carbocycles. The maximum Gasteiger partial charge on any atom is 0.231 e. The molecule has 0 saturated carbocycles. The van der Waals surface area contributed by atoms with E-state index >= 15 is 0 Å². The van der Waals surface area contributed by atoms with Crippen LogP contribution in [0.2, 0.25) is 0 Å². The van der Waals surface area contributed by atoms with E-state index in [1.54, 1.807) is 24.1 Å². The number of carbonyl (C=O) groups excluding carboxylic acids is 1. The number of likely N-dealkylation sites (N-methyl/N-ethyl adjacent to an activating group) is 1. The highest BCUT2D eigenvalue weighted by Crippen LogP contribution is 2.35. The minimum absolute atomic E-state index is 0.0625. The van der Waals surface area contributed by atoms with Gasteiger partial charge in [0, 0.05) is 13.1 Å². The molecule has 13 heavy (non-hydrogen) atoms. The molecule has 68 valence electrons. The summed E-state index contributed by atoms with van der Waals surface area (Å²) < 4.78 is 0.634. The van der Waals surface area contributed by atoms with Gasteiger partial charge in [-0.3, -0.25) is 4.79 Å². The number of phenolic OH excluding ortho intramolecular Hbond substituents is 1. The average Bonchev–Trinajstić information content (AvgIpc) is 2.32. The van der Waals surface area contributed by atoms with Crippen molar-refractivity contribution in [3.05, 3.63) is 22.2 Å². The number of hydrogen-bond donors (Lipinski definition) is 1. The van der Waals surface area contributed by atoms with Gasteiger partial charge in [0.05, 0.1) is 16.6 Å². The smallest absolute Gasteiger partial charge is 0.231 e. The summed E-state index contributed by atoms with van der Waals surface area (Å²) in [5.41, 5.74) is 1.75. The van der Waals surface area contributed by atoms with E-state index in [4.69, 9.17) is 0 Å². The van der Waals surface area contributed by atoms with Crippen LogP contribution in [0.3, 0.4) is 0 Å². The number of benzene rings is 1. The van der Waals surface area contributed by atoms with Gasteiger partial charge in [-0.25, -0.2) is 0 Å². The highest BCUT2D eigenvalue weighted by molar-refractivity contribution is 9.10. The second kappa shape index (κ2) is 2.73. The second-order valence-electron chi connectivity index (χ2n) is 3.06. The minimum atomic E-state index is 0.0625. The molecule has 0 aliphatic carbocycles. The van der Waals surface area contributed by atoms with E-state index in [1.165, 1.54) is 0 Å². The Morgan fingerprint density at radius 3 is 2.92 bits per heavy atom. The van der Waals surface area contributed by atoms with Crippen molar-refractivity contribution < 1.29 is 9.90 Å². The zero-order valence-corrected chi connectivity index (χ0v) is 8.63. The summed E-state index contributed by atoms with van der Waals surface area (Å²) in [6.45, 7) is 0. The largest absolute Gasteiger partial charge is 0.507 e. The number of phenols is 1. The lowest BCUT2D eigenvalue weighted by atomic mass is 10.1. The van der Waals surface area contributed by atoms with Crippen LogP contribution in [0.15, 0.2) is 16.6 Å². The van der Waals surface area contributed by atoms with Crippen molar-refractivity contribution >= 4 is 27.5 Å². The van der Waals surface area contributed by atoms with Crippen LogP contribution in [0.4, 0.5) is 5.69 Å². The van der Waals surface area contributed by atoms with Crippen molar-refractivity contribution in [2.24, 2.45) is 0 Å². The number of halogens is 1. The Labute approximate surface area is 84.1 Å². The summed E-state index contributed by atoms with van der Waals surface area (Å²) in [4.78, 5) is 12.8. The minimum Gasteiger partial charge on any atom is -0.507 e. The number of carbonyl (C=O) groups is 1. The van der Waals surface area contributed by atoms with Crippen molar-refractivity contribution in [2.45, 2.75) is 6.42 Å². The summed E-state index contributed by atoms with van der Waals surface area (Å²) in [5, 5.41) is 9.40. The number of rotatable bonds is 0. The number of amides is 1. The van der Waals surface area contributed by atoms with Crippen molar-refractivity contribution in [3.63, 3.8) is 0 Å². The second-order valence-corrected chi connectivity index (χ2v) is 3.92. The first kappa shape index (κ1) is 8.56. The first-order valence-corrected chi connectivity index (χ1v) is 4.67. The Morgan fingerprint density at radius 2 is 2.23 bits per heavy atom. The molecule has 0 bridgehead atoms. The van der Waals surface area contributed by atoms with E-state index in [0.29, 0.717) is 10.9 Å². The van der Waals surface area contributed by atoms with Gasteiger partial charge < -0.3 is 10.0 Å². The van der Waals surface area contributed by atoms with Crippen LogP contribution in [-0.4, -0.2) is 18.1 Å². The fourth-order valence-corrected chi connectivity index (χ4v) is 1.85. The molecule has 0 atom stereocenters. The lowest BCUT2D eigenvalue weighted by molar-refractivity contribution is -0.117. The van der Waals surface area contributed by atoms with Gasteiger partial charge in [0.25, 0.3) is 0 Å². The highest BCUT2D eigenvalue weighted by atomic mass is 79.9. The Morgan fingerprint density at radius 1 is 1.54 bits per heavy atom. The first-order chi connectivity index (χ1) is 6.09. The van der Waals surface area contributed by atoms with E-state index in [2.05, 4.69) is 15.9 Å². The lowest BCUT2D eigenvalue weighted by Gasteiger charge is -2.10. The summed E-state index contributed by atoms with van der Waals surface area (Å²) in [7, 11) is 1.71. The summed E-state index contributed by atoms with van der Waals surface area (Å²) >= 11 is 3.21. The van der Waals surface area contributed by atoms with Gasteiger partial charge in [0.1, 0.15) is 5.75 Å². The van der Waals surface area contributed by atoms with E-state index in [0.717, 1.165) is 11.3 Å². The van der Waals surface area contributed by atoms with Crippen molar-refractivity contribution in [2.75, 3.05) is 11.9 Å². The van der Waals surface area contributed by atoms with E-state index in [9.17, 15) is 9.90 Å². The monoisotopic (exact) mass is 241 g/mol. The molecule has 0 unspecified atom stereocenters. The van der Waals surface area contributed by atoms with Crippen LogP contribution in [-0.2, 0) is 11.2 Å². The van der Waals surface area contributed by atoms with Gasteiger partial charge in [0.15, 0.2) is 0 Å². The summed E-state index contributed by atoms with van der Waals surface area (Å²) in [5.74, 6) is 0.229. The van der Waals surface area contributed by atoms with Gasteiger partial charge in [-0.15, -0.1) is 0 Å². The quantitative estimate of drug-likeness (QED) is 0.751. The molecule has 3 nitrogen and oxygen atoms in total. The number of fused-ring (bicyclic) bond motifs is 1. The Bertz CT molecular complexity index is 389. The SMILES string of the molecule is CN1C(=O)Cc2cc(Br)c(O)cc21. The normalized spacial score (nSPS) is 14.9. The predicted molar refractivity (Wildman–Crippen MR) is 52.9 cm³/mol. The molecule has 0 saturated heterocycles. The summed E-state index contributed by atoms with van der Waals surface area (Å²) in [6.07, 6.45) is 0.421. The zero-order valence-electron chi connectivity index (χ0n) is 7.04. The third-order valence-corrected chi connectivity index (χ3v) is 2.86. The third-order valence-electron chi connectivity index (χ3n) is 2.23. The molecule has 1 aliphatic rings. The molecule has 1 amide bonds. The average molecular weight is 242 g/mol. The van der Waals surface area contributed by atoms with Crippen molar-refractivity contribution in [1.29, 1.82) is 0 Å². The number of anilines is 1. The molecular weight excluding hydrogens is 234 g/mol. The van der Waals surface area contributed by atoms with Crippen LogP contribution < -0.4 is 4.90 Å². The van der Waals surface area contributed by atoms with Gasteiger partial charge in [-0.1, -0.05) is 0 Å². The van der Waals surface area contributed by atoms with Crippen LogP contribution >= 0.6 is 15.9 Å². The highest BCUT2D eigenvalue weighted by Gasteiger charge is 2.24. The standard InChI is InChI=1S/C9H8BrNO2/c1-11-7-4-8(12)6(10)2-5(7)3-9(11)13/h2,4,12H,3H2,1H3. The molecule has 4 heteroatoms. The molecule has 0 fully saturated rings. The van der Waals surface area contributed by atoms with Gasteiger partial charge in [-0.2, -0.15) is 0 Å². The molecule has 0 aromatic heterocycles. The van der Waals surface area contributed by atoms with Gasteiger partial charge >= 0.3 is 0 Å². The molecule has 0 spiro atoms. The Kier molecular flexibility index (Phi) is 1.80. The molecule has 0 radical (unpaired) electrons. The van der Waals surface area contributed by atoms with Crippen LogP contribution in [0, 0.1) is 0 Å². The number of nitrogens with zero attached hydrogens (tertiary/aromatic N) is 1. The van der Waals surface area contributed by atoms with Gasteiger partial charge in [0.2, 0.25) is 5.91 Å². The Hall–Kier alpha value is -1.03. The Balaban J connectivity index is 2.59. The first-order valence-electron chi connectivity index (χ1n) is 3.87. The fourth-order valence-electron chi connectivity index (χ4n) is 1.46.